The van der Waals surface area contributed by atoms with Crippen molar-refractivity contribution in [3.05, 3.63) is 29.3 Å². The van der Waals surface area contributed by atoms with E-state index in [4.69, 9.17) is 9.47 Å². The van der Waals surface area contributed by atoms with E-state index in [2.05, 4.69) is 11.0 Å². The second-order valence-electron chi connectivity index (χ2n) is 5.44. The topological polar surface area (TPSA) is 65.8 Å². The predicted molar refractivity (Wildman–Crippen MR) is 79.6 cm³/mol. The van der Waals surface area contributed by atoms with E-state index in [1.54, 1.807) is 30.2 Å². The average Bonchev–Trinajstić information content (AvgIpc) is 2.84. The van der Waals surface area contributed by atoms with Crippen molar-refractivity contribution in [1.29, 1.82) is 5.26 Å². The molecule has 0 saturated carbocycles. The zero-order chi connectivity index (χ0) is 15.5. The van der Waals surface area contributed by atoms with Crippen molar-refractivity contribution in [1.82, 2.24) is 9.80 Å². The lowest BCUT2D eigenvalue weighted by Crippen LogP contribution is -2.42. The second-order valence-corrected chi connectivity index (χ2v) is 5.44. The van der Waals surface area contributed by atoms with Gasteiger partial charge in [-0.1, -0.05) is 0 Å². The Morgan fingerprint density at radius 2 is 2.14 bits per heavy atom. The first-order valence-corrected chi connectivity index (χ1v) is 7.43. The van der Waals surface area contributed by atoms with Crippen molar-refractivity contribution in [3.63, 3.8) is 0 Å². The van der Waals surface area contributed by atoms with E-state index >= 15 is 0 Å². The van der Waals surface area contributed by atoms with Gasteiger partial charge in [-0.3, -0.25) is 9.69 Å². The van der Waals surface area contributed by atoms with E-state index in [1.165, 1.54) is 0 Å². The summed E-state index contributed by atoms with van der Waals surface area (Å²) >= 11 is 0. The first-order valence-electron chi connectivity index (χ1n) is 7.43. The number of benzene rings is 1. The number of carbonyl (C=O) groups is 1. The Labute approximate surface area is 129 Å². The van der Waals surface area contributed by atoms with Gasteiger partial charge in [0.25, 0.3) is 5.91 Å². The van der Waals surface area contributed by atoms with Gasteiger partial charge >= 0.3 is 0 Å². The normalized spacial score (nSPS) is 21.5. The predicted octanol–water partition coefficient (Wildman–Crippen LogP) is 1.05. The smallest absolute Gasteiger partial charge is 0.255 e. The zero-order valence-corrected chi connectivity index (χ0v) is 12.6. The highest BCUT2D eigenvalue weighted by Crippen LogP contribution is 2.35. The number of hydrogen-bond acceptors (Lipinski definition) is 5. The molecule has 1 aromatic rings. The highest BCUT2D eigenvalue weighted by atomic mass is 16.5. The van der Waals surface area contributed by atoms with E-state index in [0.29, 0.717) is 17.9 Å². The van der Waals surface area contributed by atoms with Gasteiger partial charge in [-0.15, -0.1) is 0 Å². The summed E-state index contributed by atoms with van der Waals surface area (Å²) in [7, 11) is 1.58. The van der Waals surface area contributed by atoms with Crippen molar-refractivity contribution in [2.24, 2.45) is 0 Å². The van der Waals surface area contributed by atoms with Crippen LogP contribution >= 0.6 is 0 Å². The van der Waals surface area contributed by atoms with Crippen LogP contribution in [-0.2, 0) is 4.74 Å². The van der Waals surface area contributed by atoms with Crippen molar-refractivity contribution >= 4 is 5.91 Å². The van der Waals surface area contributed by atoms with Crippen LogP contribution in [-0.4, -0.2) is 62.2 Å². The third-order valence-corrected chi connectivity index (χ3v) is 4.24. The molecule has 1 aromatic carbocycles. The van der Waals surface area contributed by atoms with Crippen molar-refractivity contribution in [2.45, 2.75) is 6.04 Å². The average molecular weight is 301 g/mol. The molecule has 1 unspecified atom stereocenters. The first-order chi connectivity index (χ1) is 10.7. The largest absolute Gasteiger partial charge is 0.497 e. The molecule has 2 aliphatic rings. The fourth-order valence-electron chi connectivity index (χ4n) is 2.97. The van der Waals surface area contributed by atoms with Crippen LogP contribution < -0.4 is 4.74 Å². The molecule has 1 atom stereocenters. The summed E-state index contributed by atoms with van der Waals surface area (Å²) in [6.07, 6.45) is 0. The van der Waals surface area contributed by atoms with Crippen LogP contribution in [0.4, 0.5) is 0 Å². The molecule has 3 rings (SSSR count). The van der Waals surface area contributed by atoms with Gasteiger partial charge in [0.2, 0.25) is 0 Å². The summed E-state index contributed by atoms with van der Waals surface area (Å²) in [6, 6.07) is 7.01. The molecular weight excluding hydrogens is 282 g/mol. The Kier molecular flexibility index (Phi) is 4.27. The molecule has 1 fully saturated rings. The van der Waals surface area contributed by atoms with Crippen LogP contribution in [0.3, 0.4) is 0 Å². The Balaban J connectivity index is 1.75. The van der Waals surface area contributed by atoms with Crippen LogP contribution in [0.25, 0.3) is 0 Å². The zero-order valence-electron chi connectivity index (χ0n) is 12.6. The molecule has 0 bridgehead atoms. The van der Waals surface area contributed by atoms with Crippen LogP contribution in [0.5, 0.6) is 5.75 Å². The lowest BCUT2D eigenvalue weighted by atomic mass is 10.1. The van der Waals surface area contributed by atoms with Crippen LogP contribution in [0, 0.1) is 11.3 Å². The third kappa shape index (κ3) is 2.65. The molecule has 6 heteroatoms. The third-order valence-electron chi connectivity index (χ3n) is 4.24. The van der Waals surface area contributed by atoms with Gasteiger partial charge in [-0.05, 0) is 18.2 Å². The molecule has 6 nitrogen and oxygen atoms in total. The highest BCUT2D eigenvalue weighted by molar-refractivity contribution is 5.99. The maximum atomic E-state index is 12.5. The second kappa shape index (κ2) is 6.34. The summed E-state index contributed by atoms with van der Waals surface area (Å²) < 4.78 is 10.5. The number of methoxy groups -OCH3 is 1. The van der Waals surface area contributed by atoms with E-state index in [9.17, 15) is 10.1 Å². The summed E-state index contributed by atoms with van der Waals surface area (Å²) in [5.74, 6) is 0.597. The number of ether oxygens (including phenoxy) is 2. The quantitative estimate of drug-likeness (QED) is 0.831. The van der Waals surface area contributed by atoms with Gasteiger partial charge in [0.1, 0.15) is 11.8 Å². The molecule has 2 aliphatic heterocycles. The first kappa shape index (κ1) is 14.8. The molecule has 2 heterocycles. The summed E-state index contributed by atoms with van der Waals surface area (Å²) in [4.78, 5) is 16.4. The van der Waals surface area contributed by atoms with Gasteiger partial charge in [0.15, 0.2) is 0 Å². The molecular formula is C16H19N3O3. The molecule has 0 aromatic heterocycles. The molecule has 0 radical (unpaired) electrons. The number of fused-ring (bicyclic) bond motifs is 1. The molecule has 116 valence electrons. The Morgan fingerprint density at radius 3 is 2.82 bits per heavy atom. The molecule has 0 N–H and O–H groups in total. The molecule has 0 spiro atoms. The van der Waals surface area contributed by atoms with Gasteiger partial charge in [-0.25, -0.2) is 0 Å². The highest BCUT2D eigenvalue weighted by Gasteiger charge is 2.37. The van der Waals surface area contributed by atoms with Gasteiger partial charge in [0.05, 0.1) is 26.4 Å². The molecule has 22 heavy (non-hydrogen) atoms. The number of amides is 1. The fraction of sp³-hybridized carbons (Fsp3) is 0.500. The van der Waals surface area contributed by atoms with Crippen molar-refractivity contribution < 1.29 is 14.3 Å². The summed E-state index contributed by atoms with van der Waals surface area (Å²) in [5, 5.41) is 9.48. The number of hydrogen-bond donors (Lipinski definition) is 0. The van der Waals surface area contributed by atoms with E-state index in [1.807, 2.05) is 0 Å². The Morgan fingerprint density at radius 1 is 1.36 bits per heavy atom. The summed E-state index contributed by atoms with van der Waals surface area (Å²) in [5.41, 5.74) is 1.35. The van der Waals surface area contributed by atoms with Crippen molar-refractivity contribution in [2.75, 3.05) is 46.5 Å². The molecule has 1 amide bonds. The number of nitrogens with zero attached hydrogens (tertiary/aromatic N) is 3. The number of carbonyl (C=O) groups excluding carboxylic acids is 1. The fourth-order valence-corrected chi connectivity index (χ4v) is 2.97. The number of morpholine rings is 1. The van der Waals surface area contributed by atoms with E-state index in [-0.39, 0.29) is 5.91 Å². The van der Waals surface area contributed by atoms with Crippen LogP contribution in [0.15, 0.2) is 18.2 Å². The Hall–Kier alpha value is -2.10. The minimum absolute atomic E-state index is 0.0718. The van der Waals surface area contributed by atoms with Gasteiger partial charge in [-0.2, -0.15) is 5.26 Å². The monoisotopic (exact) mass is 301 g/mol. The van der Waals surface area contributed by atoms with Crippen LogP contribution in [0.1, 0.15) is 22.0 Å². The van der Waals surface area contributed by atoms with E-state index < -0.39 is 6.04 Å². The van der Waals surface area contributed by atoms with Gasteiger partial charge < -0.3 is 14.4 Å². The number of rotatable bonds is 4. The lowest BCUT2D eigenvalue weighted by Gasteiger charge is -2.29. The van der Waals surface area contributed by atoms with E-state index in [0.717, 1.165) is 38.4 Å². The standard InChI is InChI=1S/C16H19N3O3/c1-21-12-2-3-13-14(10-12)15(11-17)19(16(13)20)5-4-18-6-8-22-9-7-18/h2-3,10,15H,4-9H2,1H3. The van der Waals surface area contributed by atoms with Gasteiger partial charge in [0, 0.05) is 37.3 Å². The maximum Gasteiger partial charge on any atom is 0.255 e. The Bertz CT molecular complexity index is 605. The molecule has 0 aliphatic carbocycles. The summed E-state index contributed by atoms with van der Waals surface area (Å²) in [6.45, 7) is 4.52. The minimum atomic E-state index is -0.529. The maximum absolute atomic E-state index is 12.5. The minimum Gasteiger partial charge on any atom is -0.497 e. The SMILES string of the molecule is COc1ccc2c(c1)C(C#N)N(CCN1CCOCC1)C2=O. The molecule has 1 saturated heterocycles. The van der Waals surface area contributed by atoms with Crippen LogP contribution in [0.2, 0.25) is 0 Å². The number of nitriles is 1. The van der Waals surface area contributed by atoms with Crippen molar-refractivity contribution in [3.8, 4) is 11.8 Å². The lowest BCUT2D eigenvalue weighted by molar-refractivity contribution is 0.0320.